The molecule has 0 aliphatic heterocycles. The van der Waals surface area contributed by atoms with Gasteiger partial charge in [0, 0.05) is 12.6 Å². The summed E-state index contributed by atoms with van der Waals surface area (Å²) in [6, 6.07) is 0.486. The molecule has 2 heteroatoms. The molecule has 1 aliphatic rings. The van der Waals surface area contributed by atoms with Crippen LogP contribution in [0.15, 0.2) is 36.0 Å². The van der Waals surface area contributed by atoms with Crippen molar-refractivity contribution >= 4 is 0 Å². The SMILES string of the molecule is C=C/C=C1/CC(NCCO)C/C1=C/C. The number of hydrogen-bond acceptors (Lipinski definition) is 2. The van der Waals surface area contributed by atoms with Crippen molar-refractivity contribution in [3.63, 3.8) is 0 Å². The van der Waals surface area contributed by atoms with Crippen LogP contribution in [0.1, 0.15) is 19.8 Å². The summed E-state index contributed by atoms with van der Waals surface area (Å²) >= 11 is 0. The summed E-state index contributed by atoms with van der Waals surface area (Å²) in [6.07, 6.45) is 8.20. The molecule has 78 valence electrons. The van der Waals surface area contributed by atoms with Crippen LogP contribution in [0.25, 0.3) is 0 Å². The van der Waals surface area contributed by atoms with Crippen LogP contribution in [-0.2, 0) is 0 Å². The van der Waals surface area contributed by atoms with Gasteiger partial charge in [0.1, 0.15) is 0 Å². The van der Waals surface area contributed by atoms with Gasteiger partial charge in [-0.15, -0.1) is 0 Å². The van der Waals surface area contributed by atoms with Crippen LogP contribution in [-0.4, -0.2) is 24.3 Å². The maximum Gasteiger partial charge on any atom is 0.0556 e. The van der Waals surface area contributed by atoms with E-state index >= 15 is 0 Å². The number of allylic oxidation sites excluding steroid dienone is 3. The van der Waals surface area contributed by atoms with E-state index in [1.54, 1.807) is 0 Å². The number of aliphatic hydroxyl groups is 1. The molecule has 2 nitrogen and oxygen atoms in total. The normalized spacial score (nSPS) is 27.4. The van der Waals surface area contributed by atoms with Gasteiger partial charge < -0.3 is 10.4 Å². The Balaban J connectivity index is 2.57. The summed E-state index contributed by atoms with van der Waals surface area (Å²) in [5, 5.41) is 12.0. The van der Waals surface area contributed by atoms with Crippen LogP contribution < -0.4 is 5.32 Å². The quantitative estimate of drug-likeness (QED) is 0.713. The third kappa shape index (κ3) is 2.82. The lowest BCUT2D eigenvalue weighted by Crippen LogP contribution is -2.28. The van der Waals surface area contributed by atoms with E-state index in [0.717, 1.165) is 12.8 Å². The minimum Gasteiger partial charge on any atom is -0.395 e. The molecule has 0 radical (unpaired) electrons. The smallest absolute Gasteiger partial charge is 0.0556 e. The Morgan fingerprint density at radius 2 is 2.21 bits per heavy atom. The molecule has 1 atom stereocenters. The van der Waals surface area contributed by atoms with Gasteiger partial charge in [-0.3, -0.25) is 0 Å². The van der Waals surface area contributed by atoms with E-state index in [0.29, 0.717) is 12.6 Å². The van der Waals surface area contributed by atoms with Gasteiger partial charge in [0.25, 0.3) is 0 Å². The van der Waals surface area contributed by atoms with Crippen molar-refractivity contribution in [1.29, 1.82) is 0 Å². The topological polar surface area (TPSA) is 32.3 Å². The molecule has 0 aromatic heterocycles. The molecule has 0 aromatic rings. The molecule has 2 N–H and O–H groups in total. The molecule has 14 heavy (non-hydrogen) atoms. The van der Waals surface area contributed by atoms with E-state index in [1.807, 2.05) is 6.08 Å². The van der Waals surface area contributed by atoms with Gasteiger partial charge in [0.2, 0.25) is 0 Å². The van der Waals surface area contributed by atoms with Crippen LogP contribution >= 0.6 is 0 Å². The molecule has 1 fully saturated rings. The van der Waals surface area contributed by atoms with Crippen molar-refractivity contribution in [2.45, 2.75) is 25.8 Å². The highest BCUT2D eigenvalue weighted by molar-refractivity contribution is 5.38. The zero-order valence-electron chi connectivity index (χ0n) is 8.79. The maximum absolute atomic E-state index is 8.71. The molecule has 0 amide bonds. The Morgan fingerprint density at radius 3 is 2.79 bits per heavy atom. The first-order valence-electron chi connectivity index (χ1n) is 5.13. The zero-order valence-corrected chi connectivity index (χ0v) is 8.79. The molecule has 0 aromatic carbocycles. The molecule has 0 saturated heterocycles. The fraction of sp³-hybridized carbons (Fsp3) is 0.500. The predicted molar refractivity (Wildman–Crippen MR) is 60.1 cm³/mol. The average molecular weight is 193 g/mol. The lowest BCUT2D eigenvalue weighted by atomic mass is 10.1. The first-order chi connectivity index (χ1) is 6.81. The molecular formula is C12H19NO. The number of aliphatic hydroxyl groups excluding tert-OH is 1. The van der Waals surface area contributed by atoms with Gasteiger partial charge >= 0.3 is 0 Å². The first kappa shape index (κ1) is 11.2. The highest BCUT2D eigenvalue weighted by Gasteiger charge is 2.21. The van der Waals surface area contributed by atoms with Gasteiger partial charge in [-0.2, -0.15) is 0 Å². The van der Waals surface area contributed by atoms with Crippen molar-refractivity contribution in [3.8, 4) is 0 Å². The lowest BCUT2D eigenvalue weighted by molar-refractivity contribution is 0.285. The van der Waals surface area contributed by atoms with Crippen molar-refractivity contribution in [3.05, 3.63) is 36.0 Å². The van der Waals surface area contributed by atoms with Gasteiger partial charge in [-0.05, 0) is 30.9 Å². The summed E-state index contributed by atoms with van der Waals surface area (Å²) in [7, 11) is 0. The fourth-order valence-corrected chi connectivity index (χ4v) is 1.90. The second kappa shape index (κ2) is 5.78. The summed E-state index contributed by atoms with van der Waals surface area (Å²) in [4.78, 5) is 0. The third-order valence-electron chi connectivity index (χ3n) is 2.56. The minimum atomic E-state index is 0.210. The lowest BCUT2D eigenvalue weighted by Gasteiger charge is -2.08. The Bertz CT molecular complexity index is 253. The van der Waals surface area contributed by atoms with Gasteiger partial charge in [-0.1, -0.05) is 24.8 Å². The van der Waals surface area contributed by atoms with Gasteiger partial charge in [0.05, 0.1) is 6.61 Å². The van der Waals surface area contributed by atoms with E-state index in [4.69, 9.17) is 5.11 Å². The third-order valence-corrected chi connectivity index (χ3v) is 2.56. The molecule has 0 spiro atoms. The highest BCUT2D eigenvalue weighted by Crippen LogP contribution is 2.30. The second-order valence-corrected chi connectivity index (χ2v) is 3.52. The van der Waals surface area contributed by atoms with Crippen molar-refractivity contribution in [1.82, 2.24) is 5.32 Å². The fourth-order valence-electron chi connectivity index (χ4n) is 1.90. The van der Waals surface area contributed by atoms with Crippen molar-refractivity contribution in [2.24, 2.45) is 0 Å². The van der Waals surface area contributed by atoms with E-state index in [9.17, 15) is 0 Å². The van der Waals surface area contributed by atoms with E-state index in [2.05, 4.69) is 31.0 Å². The molecule has 1 saturated carbocycles. The Kier molecular flexibility index (Phi) is 4.63. The molecule has 0 heterocycles. The Hall–Kier alpha value is -0.860. The second-order valence-electron chi connectivity index (χ2n) is 3.52. The van der Waals surface area contributed by atoms with Crippen LogP contribution in [0.3, 0.4) is 0 Å². The van der Waals surface area contributed by atoms with Gasteiger partial charge in [-0.25, -0.2) is 0 Å². The number of nitrogens with one attached hydrogen (secondary N) is 1. The molecule has 1 rings (SSSR count). The predicted octanol–water partition coefficient (Wildman–Crippen LogP) is 1.79. The summed E-state index contributed by atoms with van der Waals surface area (Å²) in [6.45, 7) is 6.68. The maximum atomic E-state index is 8.71. The average Bonchev–Trinajstić information content (AvgIpc) is 2.58. The first-order valence-corrected chi connectivity index (χ1v) is 5.13. The van der Waals surface area contributed by atoms with Crippen LogP contribution in [0.4, 0.5) is 0 Å². The largest absolute Gasteiger partial charge is 0.395 e. The van der Waals surface area contributed by atoms with E-state index in [1.165, 1.54) is 11.1 Å². The van der Waals surface area contributed by atoms with Crippen LogP contribution in [0, 0.1) is 0 Å². The highest BCUT2D eigenvalue weighted by atomic mass is 16.3. The number of hydrogen-bond donors (Lipinski definition) is 2. The summed E-state index contributed by atoms with van der Waals surface area (Å²) in [5.74, 6) is 0. The van der Waals surface area contributed by atoms with Gasteiger partial charge in [0.15, 0.2) is 0 Å². The standard InChI is InChI=1S/C12H19NO/c1-3-5-11-9-12(13-6-7-14)8-10(11)4-2/h3-5,12-14H,1,6-9H2,2H3/b10-4-,11-5-. The Morgan fingerprint density at radius 1 is 1.50 bits per heavy atom. The summed E-state index contributed by atoms with van der Waals surface area (Å²) in [5.41, 5.74) is 2.78. The minimum absolute atomic E-state index is 0.210. The monoisotopic (exact) mass is 193 g/mol. The molecule has 0 bridgehead atoms. The molecule has 1 aliphatic carbocycles. The number of rotatable bonds is 4. The van der Waals surface area contributed by atoms with E-state index < -0.39 is 0 Å². The summed E-state index contributed by atoms with van der Waals surface area (Å²) < 4.78 is 0. The Labute approximate surface area is 86.0 Å². The van der Waals surface area contributed by atoms with Crippen LogP contribution in [0.2, 0.25) is 0 Å². The zero-order chi connectivity index (χ0) is 10.4. The molecular weight excluding hydrogens is 174 g/mol. The van der Waals surface area contributed by atoms with Crippen molar-refractivity contribution in [2.75, 3.05) is 13.2 Å². The van der Waals surface area contributed by atoms with Crippen molar-refractivity contribution < 1.29 is 5.11 Å². The van der Waals surface area contributed by atoms with E-state index in [-0.39, 0.29) is 6.61 Å². The van der Waals surface area contributed by atoms with Crippen LogP contribution in [0.5, 0.6) is 0 Å². The molecule has 1 unspecified atom stereocenters.